The van der Waals surface area contributed by atoms with Gasteiger partial charge in [-0.1, -0.05) is 102 Å². The quantitative estimate of drug-likeness (QED) is 0.0102. The van der Waals surface area contributed by atoms with E-state index in [0.29, 0.717) is 11.1 Å². The normalized spacial score (nSPS) is 24.5. The van der Waals surface area contributed by atoms with E-state index in [4.69, 9.17) is 44.0 Å². The number of nitrogens with zero attached hydrogens (tertiary/aromatic N) is 6. The summed E-state index contributed by atoms with van der Waals surface area (Å²) in [5.74, 6) is -0.930. The van der Waals surface area contributed by atoms with Crippen LogP contribution in [0.1, 0.15) is 117 Å². The van der Waals surface area contributed by atoms with Crippen LogP contribution in [0.25, 0.3) is 4.85 Å². The number of hydrogen-bond acceptors (Lipinski definition) is 27. The Morgan fingerprint density at radius 3 is 1.28 bits per heavy atom. The molecular formula is C75H118F4KN10O26P5. The van der Waals surface area contributed by atoms with Crippen molar-refractivity contribution in [1.82, 2.24) is 42.9 Å². The average molecular weight is 1850 g/mol. The molecule has 0 amide bonds. The molecule has 0 aromatic carbocycles. The van der Waals surface area contributed by atoms with Gasteiger partial charge in [0.05, 0.1) is 43.0 Å². The van der Waals surface area contributed by atoms with E-state index in [1.54, 1.807) is 65.8 Å². The second-order valence-electron chi connectivity index (χ2n) is 29.9. The standard InChI is InChI=1S/C24H37FN4O7P2.C16H22FN2O5P.C13H17FN2O3.C12H15FN2O3.C5H14O6P2.C4H9O.CH4O.K/c1-16(2)29(17(3)4)37(35-11-10-26-6)36-22-19(9-12-38(34,14-30)15-31)7-8-20(21(22)25)28-13-18(5)23(32)27-24(28)33;1-10-7-19(16(23)18-15(10)22)13-4-3-12(11(2)14(13)17)5-6-25(24,8-20)9-21;1-7-5-16(13(19)15-12(7)18)10-4-3-9(6-17)8(2)11(10)14;1-6-3-4-8(9(13)10(6)16)15-5-7(2)11(17)14-12(15)18;1-10-13(9,11-2)5-12(8,3-6)4-7;1-4(2,3)5;1-2;/h7-9,12-13,16-17,19-22,30-31H,10-11,14-15H2,1-5H3,(H,27,32,33);3-7,11-14,20-21H,8-9H2,1-2H3,(H,18,22,23);3-5,8-11,17H,6H2,1-2H3,(H,15,18,19);3-6,8-10,16H,1-2H3,(H,14,17,18);6-7H,3-5H2,1-2H3;1-3H3;2H,1H3;/q;;;;;-1;;+1/b12-9+;6-5+;;;;;;/t19?,20-,21+,22-,37?;11-,12?,13-,14-;8-,9?,10-,11-;6?,8-,9+,10-;;;;/m1111..../s1/i;;;1D;;;2T;. The molecule has 8 rings (SSSR count). The van der Waals surface area contributed by atoms with Gasteiger partial charge in [-0.15, -0.1) is 5.60 Å². The molecule has 4 heterocycles. The van der Waals surface area contributed by atoms with Crippen molar-refractivity contribution in [3.63, 3.8) is 0 Å². The van der Waals surface area contributed by atoms with Gasteiger partial charge in [-0.2, -0.15) is 0 Å². The topological polar surface area (TPSA) is 537 Å². The van der Waals surface area contributed by atoms with E-state index in [0.717, 1.165) is 27.9 Å². The SMILES string of the molecule is CC(C)(C)[O-].COP(=O)(CP(=O)(CO)CO)OC.Cc1cn([C@@H]2C=CC(/C=C/P(=O)(CO)CO)[C@@H](C)[C@H]2F)c(=O)[nH]c1=O.Cc1cn([C@@H]2C=CC(CO)[C@@H](C)[C@H]2F)c(=O)[nH]c1=O.[2H]CC1C=C[C@@H](n2cc(C)c(=O)[nH]c2=O)[C@H](F)[C@@H]1O.[3H]OC.[C-]#[N+]CCOP(O[C@@H]1C(/C=C/P(=O)(CO)CO)C=C[C@@H](n2cc(C)c(=O)[nH]c2=O)[C@@H]1F)N(C(C)C)C(C)C.[K+]. The van der Waals surface area contributed by atoms with Crippen molar-refractivity contribution >= 4 is 37.5 Å². The summed E-state index contributed by atoms with van der Waals surface area (Å²) < 4.78 is 148. The molecule has 4 aromatic rings. The fraction of sp³-hybridized carbons (Fsp3) is 0.613. The zero-order valence-corrected chi connectivity index (χ0v) is 78.4. The Kier molecular flexibility index (Phi) is 47.9. The number of allylic oxidation sites excluding steroid dienone is 6. The van der Waals surface area contributed by atoms with Gasteiger partial charge in [-0.3, -0.25) is 61.9 Å². The number of aromatic amines is 4. The fourth-order valence-corrected chi connectivity index (χ4v) is 19.5. The maximum absolute atomic E-state index is 16.3. The first kappa shape index (κ1) is 110. The van der Waals surface area contributed by atoms with E-state index < -0.39 is 217 Å². The molecule has 36 nitrogen and oxygen atoms in total. The van der Waals surface area contributed by atoms with Crippen LogP contribution in [-0.2, 0) is 36.4 Å². The molecule has 4 aliphatic carbocycles. The first-order valence-electron chi connectivity index (χ1n) is 38.5. The molecule has 13 N–H and O–H groups in total. The van der Waals surface area contributed by atoms with E-state index in [-0.39, 0.29) is 113 Å². The number of hydrogen-bond donors (Lipinski definition) is 13. The Morgan fingerprint density at radius 2 is 0.942 bits per heavy atom. The summed E-state index contributed by atoms with van der Waals surface area (Å²) in [5, 5.41) is 86.9. The van der Waals surface area contributed by atoms with Crippen LogP contribution >= 0.6 is 37.5 Å². The van der Waals surface area contributed by atoms with Gasteiger partial charge in [0.15, 0.2) is 26.6 Å². The largest absolute Gasteiger partial charge is 1.00 e. The number of aryl methyl sites for hydroxylation is 4. The number of alkyl halides is 4. The molecule has 0 radical (unpaired) electrons. The summed E-state index contributed by atoms with van der Waals surface area (Å²) in [6.07, 6.45) is 7.75. The summed E-state index contributed by atoms with van der Waals surface area (Å²) in [4.78, 5) is 106. The van der Waals surface area contributed by atoms with Gasteiger partial charge in [-0.05, 0) is 78.9 Å². The van der Waals surface area contributed by atoms with Crippen LogP contribution in [0.5, 0.6) is 0 Å². The van der Waals surface area contributed by atoms with Crippen LogP contribution in [0.3, 0.4) is 0 Å². The van der Waals surface area contributed by atoms with Crippen molar-refractivity contribution in [2.75, 3.05) is 85.1 Å². The molecule has 5 unspecified atom stereocenters. The predicted molar refractivity (Wildman–Crippen MR) is 447 cm³/mol. The Balaban J connectivity index is 0.000000780. The molecule has 4 aromatic heterocycles. The van der Waals surface area contributed by atoms with E-state index in [1.165, 1.54) is 105 Å². The van der Waals surface area contributed by atoms with Gasteiger partial charge in [0.25, 0.3) is 30.8 Å². The summed E-state index contributed by atoms with van der Waals surface area (Å²) in [6.45, 7) is 29.1. The Morgan fingerprint density at radius 1 is 0.603 bits per heavy atom. The van der Waals surface area contributed by atoms with Crippen molar-refractivity contribution in [3.8, 4) is 0 Å². The molecule has 46 heteroatoms. The third kappa shape index (κ3) is 33.8. The molecule has 4 aliphatic rings. The third-order valence-electron chi connectivity index (χ3n) is 18.8. The molecule has 17 atom stereocenters. The van der Waals surface area contributed by atoms with Crippen molar-refractivity contribution < 1.29 is 158 Å². The first-order chi connectivity index (χ1) is 56.9. The van der Waals surface area contributed by atoms with Crippen LogP contribution in [0.15, 0.2) is 136 Å². The molecule has 0 bridgehead atoms. The number of aromatic nitrogens is 8. The summed E-state index contributed by atoms with van der Waals surface area (Å²) in [6, 6.07) is -3.80. The molecule has 0 aliphatic heterocycles. The molecule has 0 fully saturated rings. The van der Waals surface area contributed by atoms with Crippen molar-refractivity contribution in [1.29, 1.82) is 1.43 Å². The second kappa shape index (κ2) is 52.8. The van der Waals surface area contributed by atoms with Gasteiger partial charge >= 0.3 is 81.7 Å². The monoisotopic (exact) mass is 1850 g/mol. The van der Waals surface area contributed by atoms with Crippen LogP contribution in [0.4, 0.5) is 17.6 Å². The molecule has 678 valence electrons. The van der Waals surface area contributed by atoms with Gasteiger partial charge < -0.3 is 87.7 Å². The molecule has 0 saturated heterocycles. The fourth-order valence-electron chi connectivity index (χ4n) is 11.7. The summed E-state index contributed by atoms with van der Waals surface area (Å²) >= 11 is 0. The van der Waals surface area contributed by atoms with Crippen molar-refractivity contribution in [2.45, 2.75) is 176 Å². The maximum Gasteiger partial charge on any atom is 1.00 e. The minimum absolute atomic E-state index is 0. The Labute approximate surface area is 744 Å². The van der Waals surface area contributed by atoms with E-state index in [1.807, 2.05) is 32.4 Å². The van der Waals surface area contributed by atoms with Gasteiger partial charge in [-0.25, -0.2) is 48.0 Å². The molecule has 0 spiro atoms. The zero-order valence-electron chi connectivity index (χ0n) is 72.8. The van der Waals surface area contributed by atoms with Crippen LogP contribution in [-0.4, -0.2) is 230 Å². The second-order valence-corrected chi connectivity index (χ2v) is 42.6. The molecule has 0 saturated carbocycles. The molecule has 121 heavy (non-hydrogen) atoms. The Hall–Kier alpha value is -5.24. The smallest absolute Gasteiger partial charge is 0.850 e. The van der Waals surface area contributed by atoms with Crippen LogP contribution in [0, 0.1) is 69.8 Å². The van der Waals surface area contributed by atoms with Gasteiger partial charge in [0.1, 0.15) is 63.5 Å². The van der Waals surface area contributed by atoms with Crippen LogP contribution in [0.2, 0.25) is 0 Å². The minimum atomic E-state index is -3.44. The number of rotatable bonds is 27. The van der Waals surface area contributed by atoms with Gasteiger partial charge in [0, 0.05) is 112 Å². The maximum atomic E-state index is 16.3. The van der Waals surface area contributed by atoms with E-state index in [2.05, 4.69) is 38.9 Å². The number of aliphatic hydroxyl groups excluding tert-OH is 9. The van der Waals surface area contributed by atoms with Gasteiger partial charge in [0.2, 0.25) is 7.98 Å². The van der Waals surface area contributed by atoms with E-state index in [9.17, 15) is 90.2 Å². The number of halogens is 4. The molecular weight excluding hydrogens is 1730 g/mol. The average Bonchev–Trinajstić information content (AvgIpc) is 0.790. The van der Waals surface area contributed by atoms with E-state index >= 15 is 4.39 Å². The number of H-pyrrole nitrogens is 4. The summed E-state index contributed by atoms with van der Waals surface area (Å²) in [5.41, 5.74) is -4.42. The third-order valence-corrected chi connectivity index (χ3v) is 29.9. The first-order valence-corrected chi connectivity index (χ1v) is 46.8. The Bertz CT molecular complexity index is 4780. The van der Waals surface area contributed by atoms with Crippen LogP contribution < -0.4 is 101 Å². The van der Waals surface area contributed by atoms with Crippen molar-refractivity contribution in [3.05, 3.63) is 214 Å². The van der Waals surface area contributed by atoms with Crippen molar-refractivity contribution in [2.24, 2.45) is 35.5 Å². The zero-order chi connectivity index (χ0) is 93.4. The number of nitrogens with one attached hydrogen (secondary N) is 4. The summed E-state index contributed by atoms with van der Waals surface area (Å²) in [7, 11) is -11.6. The number of aliphatic hydroxyl groups is 9. The predicted octanol–water partition coefficient (Wildman–Crippen LogP) is 2.96. The minimum Gasteiger partial charge on any atom is -0.850 e.